The molecule has 0 bridgehead atoms. The average Bonchev–Trinajstić information content (AvgIpc) is 3.37. The van der Waals surface area contributed by atoms with Crippen LogP contribution in [-0.4, -0.2) is 16.1 Å². The van der Waals surface area contributed by atoms with Crippen molar-refractivity contribution in [3.63, 3.8) is 0 Å². The van der Waals surface area contributed by atoms with Crippen LogP contribution in [0.2, 0.25) is 15.1 Å². The summed E-state index contributed by atoms with van der Waals surface area (Å²) in [4.78, 5) is 25.7. The van der Waals surface area contributed by atoms with E-state index < -0.39 is 28.0 Å². The third-order valence-electron chi connectivity index (χ3n) is 5.37. The summed E-state index contributed by atoms with van der Waals surface area (Å²) in [6.07, 6.45) is 5.35. The Hall–Kier alpha value is -2.39. The van der Waals surface area contributed by atoms with Crippen LogP contribution >= 0.6 is 58.0 Å². The van der Waals surface area contributed by atoms with E-state index in [1.807, 2.05) is 0 Å². The van der Waals surface area contributed by atoms with E-state index in [1.165, 1.54) is 12.1 Å². The van der Waals surface area contributed by atoms with Crippen LogP contribution in [0.5, 0.6) is 0 Å². The van der Waals surface area contributed by atoms with E-state index in [4.69, 9.17) is 64.4 Å². The van der Waals surface area contributed by atoms with E-state index in [1.54, 1.807) is 48.5 Å². The molecular formula is C25H15Cl5N2O2. The fourth-order valence-electron chi connectivity index (χ4n) is 3.67. The van der Waals surface area contributed by atoms with Gasteiger partial charge >= 0.3 is 0 Å². The monoisotopic (exact) mass is 550 g/mol. The lowest BCUT2D eigenvalue weighted by atomic mass is 10.1. The molecule has 9 heteroatoms. The van der Waals surface area contributed by atoms with Crippen LogP contribution in [-0.2, 0) is 4.79 Å². The molecule has 2 unspecified atom stereocenters. The van der Waals surface area contributed by atoms with E-state index >= 15 is 0 Å². The van der Waals surface area contributed by atoms with Crippen molar-refractivity contribution in [2.45, 2.75) is 10.3 Å². The van der Waals surface area contributed by atoms with Crippen molar-refractivity contribution in [1.82, 2.24) is 0 Å². The van der Waals surface area contributed by atoms with Gasteiger partial charge in [-0.2, -0.15) is 0 Å². The number of alkyl halides is 2. The second-order valence-corrected chi connectivity index (χ2v) is 10.4. The minimum atomic E-state index is -1.32. The van der Waals surface area contributed by atoms with Crippen molar-refractivity contribution in [2.75, 3.05) is 10.6 Å². The van der Waals surface area contributed by atoms with Gasteiger partial charge in [-0.05, 0) is 66.2 Å². The lowest BCUT2D eigenvalue weighted by Gasteiger charge is -2.10. The molecule has 1 aliphatic carbocycles. The van der Waals surface area contributed by atoms with Crippen LogP contribution in [0.25, 0.3) is 0 Å². The minimum absolute atomic E-state index is 0.178. The highest BCUT2D eigenvalue weighted by Crippen LogP contribution is 2.65. The van der Waals surface area contributed by atoms with E-state index in [-0.39, 0.29) is 10.6 Å². The highest BCUT2D eigenvalue weighted by Gasteiger charge is 2.67. The normalized spacial score (nSPS) is 18.0. The highest BCUT2D eigenvalue weighted by atomic mass is 35.5. The zero-order valence-corrected chi connectivity index (χ0v) is 21.0. The first-order valence-electron chi connectivity index (χ1n) is 9.92. The van der Waals surface area contributed by atoms with Gasteiger partial charge in [0.05, 0.1) is 16.5 Å². The molecule has 0 heterocycles. The molecule has 1 aliphatic rings. The first-order valence-corrected chi connectivity index (χ1v) is 11.8. The highest BCUT2D eigenvalue weighted by molar-refractivity contribution is 6.53. The zero-order valence-electron chi connectivity index (χ0n) is 17.2. The first kappa shape index (κ1) is 24.7. The van der Waals surface area contributed by atoms with Gasteiger partial charge in [-0.25, -0.2) is 0 Å². The predicted molar refractivity (Wildman–Crippen MR) is 140 cm³/mol. The van der Waals surface area contributed by atoms with Gasteiger partial charge in [-0.15, -0.1) is 29.6 Å². The SMILES string of the molecule is C#Cc1ccc(NC(=O)c2cc(NC(=O)C3C(c4cc(Cl)cc(Cl)c4)C3(Cl)Cl)ccc2Cl)cc1. The summed E-state index contributed by atoms with van der Waals surface area (Å²) in [6.45, 7) is 0. The molecule has 0 radical (unpaired) electrons. The third-order valence-corrected chi connectivity index (χ3v) is 7.07. The Kier molecular flexibility index (Phi) is 7.05. The van der Waals surface area contributed by atoms with Crippen LogP contribution in [0.15, 0.2) is 60.7 Å². The number of carbonyl (C=O) groups excluding carboxylic acids is 2. The Bertz CT molecular complexity index is 1310. The van der Waals surface area contributed by atoms with Crippen LogP contribution in [0.4, 0.5) is 11.4 Å². The maximum Gasteiger partial charge on any atom is 0.257 e. The van der Waals surface area contributed by atoms with Gasteiger partial charge < -0.3 is 10.6 Å². The number of nitrogens with one attached hydrogen (secondary N) is 2. The molecule has 172 valence electrons. The molecule has 0 saturated heterocycles. The summed E-state index contributed by atoms with van der Waals surface area (Å²) in [5, 5.41) is 6.55. The lowest BCUT2D eigenvalue weighted by molar-refractivity contribution is -0.117. The first-order chi connectivity index (χ1) is 16.1. The van der Waals surface area contributed by atoms with Gasteiger partial charge in [0.1, 0.15) is 4.33 Å². The molecule has 4 nitrogen and oxygen atoms in total. The van der Waals surface area contributed by atoms with Gasteiger partial charge in [0.15, 0.2) is 0 Å². The van der Waals surface area contributed by atoms with Gasteiger partial charge in [-0.1, -0.05) is 40.7 Å². The Morgan fingerprint density at radius 2 is 1.47 bits per heavy atom. The number of hydrogen-bond donors (Lipinski definition) is 2. The second kappa shape index (κ2) is 9.70. The van der Waals surface area contributed by atoms with Gasteiger partial charge in [0.2, 0.25) is 5.91 Å². The molecule has 3 aromatic rings. The summed E-state index contributed by atoms with van der Waals surface area (Å²) >= 11 is 31.2. The summed E-state index contributed by atoms with van der Waals surface area (Å²) < 4.78 is -1.32. The van der Waals surface area contributed by atoms with Crippen molar-refractivity contribution in [3.05, 3.63) is 92.4 Å². The number of carbonyl (C=O) groups is 2. The fraction of sp³-hybridized carbons (Fsp3) is 0.120. The molecule has 0 spiro atoms. The fourth-order valence-corrected chi connectivity index (χ4v) is 5.24. The Balaban J connectivity index is 1.50. The lowest BCUT2D eigenvalue weighted by Crippen LogP contribution is -2.18. The Morgan fingerprint density at radius 3 is 2.09 bits per heavy atom. The Labute approximate surface area is 221 Å². The van der Waals surface area contributed by atoms with E-state index in [0.717, 1.165) is 0 Å². The molecule has 1 saturated carbocycles. The predicted octanol–water partition coefficient (Wildman–Crippen LogP) is 7.41. The van der Waals surface area contributed by atoms with Crippen LogP contribution < -0.4 is 10.6 Å². The maximum absolute atomic E-state index is 13.0. The summed E-state index contributed by atoms with van der Waals surface area (Å²) in [5.74, 6) is 0.412. The molecule has 4 rings (SSSR count). The molecule has 2 atom stereocenters. The van der Waals surface area contributed by atoms with E-state index in [0.29, 0.717) is 32.5 Å². The molecule has 2 amide bonds. The van der Waals surface area contributed by atoms with Crippen molar-refractivity contribution in [2.24, 2.45) is 5.92 Å². The number of hydrogen-bond acceptors (Lipinski definition) is 2. The summed E-state index contributed by atoms with van der Waals surface area (Å²) in [7, 11) is 0. The standard InChI is InChI=1S/C25H15Cl5N2O2/c1-2-13-3-5-17(6-4-13)31-23(33)19-12-18(7-8-20(19)28)32-24(34)22-21(25(22,29)30)14-9-15(26)11-16(27)10-14/h1,3-12,21-22H,(H,31,33)(H,32,34). The quantitative estimate of drug-likeness (QED) is 0.256. The van der Waals surface area contributed by atoms with E-state index in [2.05, 4.69) is 16.6 Å². The van der Waals surface area contributed by atoms with Gasteiger partial charge in [0.25, 0.3) is 5.91 Å². The largest absolute Gasteiger partial charge is 0.326 e. The number of halogens is 5. The Morgan fingerprint density at radius 1 is 0.853 bits per heavy atom. The van der Waals surface area contributed by atoms with Crippen molar-refractivity contribution in [1.29, 1.82) is 0 Å². The van der Waals surface area contributed by atoms with Crippen molar-refractivity contribution < 1.29 is 9.59 Å². The summed E-state index contributed by atoms with van der Waals surface area (Å²) in [6, 6.07) is 16.3. The second-order valence-electron chi connectivity index (χ2n) is 7.69. The topological polar surface area (TPSA) is 58.2 Å². The van der Waals surface area contributed by atoms with E-state index in [9.17, 15) is 9.59 Å². The number of rotatable bonds is 5. The molecule has 2 N–H and O–H groups in total. The number of anilines is 2. The van der Waals surface area contributed by atoms with Crippen LogP contribution in [0.3, 0.4) is 0 Å². The number of terminal acetylenes is 1. The number of amides is 2. The van der Waals surface area contributed by atoms with Crippen molar-refractivity contribution >= 4 is 81.2 Å². The smallest absolute Gasteiger partial charge is 0.257 e. The molecule has 34 heavy (non-hydrogen) atoms. The van der Waals surface area contributed by atoms with Crippen LogP contribution in [0, 0.1) is 18.3 Å². The van der Waals surface area contributed by atoms with Crippen LogP contribution in [0.1, 0.15) is 27.4 Å². The maximum atomic E-state index is 13.0. The molecule has 1 fully saturated rings. The molecular weight excluding hydrogens is 538 g/mol. The minimum Gasteiger partial charge on any atom is -0.326 e. The zero-order chi connectivity index (χ0) is 24.6. The molecule has 0 aliphatic heterocycles. The van der Waals surface area contributed by atoms with Crippen molar-refractivity contribution in [3.8, 4) is 12.3 Å². The summed E-state index contributed by atoms with van der Waals surface area (Å²) in [5.41, 5.74) is 2.44. The van der Waals surface area contributed by atoms with Gasteiger partial charge in [-0.3, -0.25) is 9.59 Å². The molecule has 0 aromatic heterocycles. The van der Waals surface area contributed by atoms with Gasteiger partial charge in [0, 0.05) is 32.9 Å². The number of benzene rings is 3. The average molecular weight is 553 g/mol. The third kappa shape index (κ3) is 5.15. The molecule has 3 aromatic carbocycles.